The fourth-order valence-electron chi connectivity index (χ4n) is 2.74. The fourth-order valence-corrected chi connectivity index (χ4v) is 2.74. The van der Waals surface area contributed by atoms with Crippen LogP contribution in [0.15, 0.2) is 28.7 Å². The van der Waals surface area contributed by atoms with Gasteiger partial charge >= 0.3 is 0 Å². The molecule has 1 aromatic heterocycles. The molecule has 1 saturated heterocycles. The minimum atomic E-state index is -0.428. The van der Waals surface area contributed by atoms with Gasteiger partial charge in [0.05, 0.1) is 6.61 Å². The van der Waals surface area contributed by atoms with Crippen LogP contribution in [0, 0.1) is 6.92 Å². The second-order valence-corrected chi connectivity index (χ2v) is 5.96. The maximum absolute atomic E-state index is 12.6. The molecule has 0 saturated carbocycles. The summed E-state index contributed by atoms with van der Waals surface area (Å²) in [5, 5.41) is 0.967. The molecular weight excluding hydrogens is 266 g/mol. The van der Waals surface area contributed by atoms with Gasteiger partial charge in [-0.25, -0.2) is 0 Å². The molecular formula is C17H21NO3. The SMILES string of the molecule is Cc1ccc2oc(C(=O)C3CN(C(C)C)CCO3)cc2c1. The molecule has 1 aromatic carbocycles. The number of benzene rings is 1. The molecule has 0 amide bonds. The van der Waals surface area contributed by atoms with Crippen LogP contribution in [0.25, 0.3) is 11.0 Å². The van der Waals surface area contributed by atoms with Crippen molar-refractivity contribution in [3.8, 4) is 0 Å². The van der Waals surface area contributed by atoms with Crippen LogP contribution >= 0.6 is 0 Å². The zero-order chi connectivity index (χ0) is 15.0. The number of aryl methyl sites for hydroxylation is 1. The van der Waals surface area contributed by atoms with E-state index >= 15 is 0 Å². The predicted molar refractivity (Wildman–Crippen MR) is 81.7 cm³/mol. The first-order chi connectivity index (χ1) is 10.0. The minimum absolute atomic E-state index is 0.0609. The highest BCUT2D eigenvalue weighted by Gasteiger charge is 2.30. The fraction of sp³-hybridized carbons (Fsp3) is 0.471. The topological polar surface area (TPSA) is 42.7 Å². The first kappa shape index (κ1) is 14.3. The first-order valence-electron chi connectivity index (χ1n) is 7.44. The zero-order valence-corrected chi connectivity index (χ0v) is 12.8. The van der Waals surface area contributed by atoms with E-state index in [0.29, 0.717) is 25.0 Å². The first-order valence-corrected chi connectivity index (χ1v) is 7.44. The van der Waals surface area contributed by atoms with Crippen LogP contribution in [0.4, 0.5) is 0 Å². The smallest absolute Gasteiger partial charge is 0.227 e. The Morgan fingerprint density at radius 1 is 1.33 bits per heavy atom. The minimum Gasteiger partial charge on any atom is -0.453 e. The summed E-state index contributed by atoms with van der Waals surface area (Å²) in [5.41, 5.74) is 1.91. The van der Waals surface area contributed by atoms with Gasteiger partial charge in [-0.05, 0) is 39.0 Å². The third-order valence-electron chi connectivity index (χ3n) is 4.04. The van der Waals surface area contributed by atoms with E-state index in [-0.39, 0.29) is 5.78 Å². The van der Waals surface area contributed by atoms with Crippen molar-refractivity contribution in [2.75, 3.05) is 19.7 Å². The van der Waals surface area contributed by atoms with Gasteiger partial charge in [-0.15, -0.1) is 0 Å². The third-order valence-corrected chi connectivity index (χ3v) is 4.04. The number of hydrogen-bond acceptors (Lipinski definition) is 4. The Bertz CT molecular complexity index is 659. The molecule has 1 unspecified atom stereocenters. The van der Waals surface area contributed by atoms with E-state index in [2.05, 4.69) is 18.7 Å². The number of furan rings is 1. The monoisotopic (exact) mass is 287 g/mol. The Labute approximate surface area is 124 Å². The molecule has 0 bridgehead atoms. The normalized spacial score (nSPS) is 20.3. The van der Waals surface area contributed by atoms with Gasteiger partial charge in [0.1, 0.15) is 11.7 Å². The van der Waals surface area contributed by atoms with Crippen molar-refractivity contribution in [2.24, 2.45) is 0 Å². The van der Waals surface area contributed by atoms with Gasteiger partial charge in [0.15, 0.2) is 5.76 Å². The van der Waals surface area contributed by atoms with E-state index in [1.165, 1.54) is 0 Å². The molecule has 1 fully saturated rings. The highest BCUT2D eigenvalue weighted by atomic mass is 16.5. The molecule has 21 heavy (non-hydrogen) atoms. The molecule has 112 valence electrons. The number of rotatable bonds is 3. The summed E-state index contributed by atoms with van der Waals surface area (Å²) in [5.74, 6) is 0.334. The summed E-state index contributed by atoms with van der Waals surface area (Å²) >= 11 is 0. The lowest BCUT2D eigenvalue weighted by atomic mass is 10.1. The van der Waals surface area contributed by atoms with Gasteiger partial charge < -0.3 is 9.15 Å². The van der Waals surface area contributed by atoms with Crippen molar-refractivity contribution in [1.29, 1.82) is 0 Å². The van der Waals surface area contributed by atoms with Crippen molar-refractivity contribution >= 4 is 16.8 Å². The van der Waals surface area contributed by atoms with Crippen molar-refractivity contribution in [3.05, 3.63) is 35.6 Å². The summed E-state index contributed by atoms with van der Waals surface area (Å²) in [6.45, 7) is 8.40. The molecule has 3 rings (SSSR count). The summed E-state index contributed by atoms with van der Waals surface area (Å²) in [6, 6.07) is 8.16. The van der Waals surface area contributed by atoms with Gasteiger partial charge in [0.2, 0.25) is 5.78 Å². The lowest BCUT2D eigenvalue weighted by molar-refractivity contribution is -0.0266. The largest absolute Gasteiger partial charge is 0.453 e. The lowest BCUT2D eigenvalue weighted by Gasteiger charge is -2.34. The molecule has 0 N–H and O–H groups in total. The number of carbonyl (C=O) groups excluding carboxylic acids is 1. The van der Waals surface area contributed by atoms with Crippen molar-refractivity contribution in [3.63, 3.8) is 0 Å². The Hall–Kier alpha value is -1.65. The highest BCUT2D eigenvalue weighted by Crippen LogP contribution is 2.23. The van der Waals surface area contributed by atoms with Crippen LogP contribution in [0.2, 0.25) is 0 Å². The average Bonchev–Trinajstić information content (AvgIpc) is 2.89. The number of nitrogens with zero attached hydrogens (tertiary/aromatic N) is 1. The Balaban J connectivity index is 1.82. The van der Waals surface area contributed by atoms with E-state index in [0.717, 1.165) is 23.1 Å². The quantitative estimate of drug-likeness (QED) is 0.814. The number of hydrogen-bond donors (Lipinski definition) is 0. The van der Waals surface area contributed by atoms with Crippen LogP contribution in [0.3, 0.4) is 0 Å². The summed E-state index contributed by atoms with van der Waals surface area (Å²) in [4.78, 5) is 14.8. The molecule has 0 spiro atoms. The van der Waals surface area contributed by atoms with Gasteiger partial charge in [-0.2, -0.15) is 0 Å². The van der Waals surface area contributed by atoms with Gasteiger partial charge in [0, 0.05) is 24.5 Å². The standard InChI is InChI=1S/C17H21NO3/c1-11(2)18-6-7-20-16(10-18)17(19)15-9-13-8-12(3)4-5-14(13)21-15/h4-5,8-9,11,16H,6-7,10H2,1-3H3. The Morgan fingerprint density at radius 2 is 2.14 bits per heavy atom. The van der Waals surface area contributed by atoms with Crippen LogP contribution in [0.5, 0.6) is 0 Å². The van der Waals surface area contributed by atoms with Gasteiger partial charge in [-0.1, -0.05) is 11.6 Å². The third kappa shape index (κ3) is 2.87. The molecule has 0 radical (unpaired) electrons. The second kappa shape index (κ2) is 5.62. The number of ketones is 1. The van der Waals surface area contributed by atoms with Crippen LogP contribution in [-0.2, 0) is 4.74 Å². The predicted octanol–water partition coefficient (Wildman–Crippen LogP) is 3.03. The number of ether oxygens (including phenoxy) is 1. The molecule has 2 heterocycles. The molecule has 4 nitrogen and oxygen atoms in total. The van der Waals surface area contributed by atoms with E-state index in [1.807, 2.05) is 31.2 Å². The van der Waals surface area contributed by atoms with Crippen LogP contribution in [-0.4, -0.2) is 42.5 Å². The van der Waals surface area contributed by atoms with Crippen molar-refractivity contribution < 1.29 is 13.9 Å². The van der Waals surface area contributed by atoms with Crippen molar-refractivity contribution in [2.45, 2.75) is 32.9 Å². The van der Waals surface area contributed by atoms with Crippen molar-refractivity contribution in [1.82, 2.24) is 4.90 Å². The number of morpholine rings is 1. The molecule has 2 aromatic rings. The van der Waals surface area contributed by atoms with Crippen LogP contribution < -0.4 is 0 Å². The lowest BCUT2D eigenvalue weighted by Crippen LogP contribution is -2.48. The van der Waals surface area contributed by atoms with Crippen LogP contribution in [0.1, 0.15) is 30.0 Å². The van der Waals surface area contributed by atoms with Gasteiger partial charge in [0.25, 0.3) is 0 Å². The second-order valence-electron chi connectivity index (χ2n) is 5.96. The molecule has 1 atom stereocenters. The highest BCUT2D eigenvalue weighted by molar-refractivity contribution is 6.00. The van der Waals surface area contributed by atoms with Gasteiger partial charge in [-0.3, -0.25) is 9.69 Å². The Morgan fingerprint density at radius 3 is 2.90 bits per heavy atom. The van der Waals surface area contributed by atoms with E-state index < -0.39 is 6.10 Å². The molecule has 0 aliphatic carbocycles. The summed E-state index contributed by atoms with van der Waals surface area (Å²) in [6.07, 6.45) is -0.428. The molecule has 1 aliphatic heterocycles. The van der Waals surface area contributed by atoms with E-state index in [9.17, 15) is 4.79 Å². The zero-order valence-electron chi connectivity index (χ0n) is 12.8. The summed E-state index contributed by atoms with van der Waals surface area (Å²) in [7, 11) is 0. The maximum atomic E-state index is 12.6. The average molecular weight is 287 g/mol. The molecule has 1 aliphatic rings. The number of carbonyl (C=O) groups is 1. The number of Topliss-reactive ketones (excluding diaryl/α,β-unsaturated/α-hetero) is 1. The summed E-state index contributed by atoms with van der Waals surface area (Å²) < 4.78 is 11.3. The Kier molecular flexibility index (Phi) is 3.83. The maximum Gasteiger partial charge on any atom is 0.227 e. The molecule has 4 heteroatoms. The van der Waals surface area contributed by atoms with E-state index in [4.69, 9.17) is 9.15 Å². The number of fused-ring (bicyclic) bond motifs is 1. The van der Waals surface area contributed by atoms with E-state index in [1.54, 1.807) is 0 Å².